The van der Waals surface area contributed by atoms with E-state index < -0.39 is 0 Å². The van der Waals surface area contributed by atoms with Gasteiger partial charge in [0.25, 0.3) is 0 Å². The second-order valence-electron chi connectivity index (χ2n) is 7.44. The van der Waals surface area contributed by atoms with E-state index in [1.54, 1.807) is 11.8 Å². The summed E-state index contributed by atoms with van der Waals surface area (Å²) in [6, 6.07) is 14.7. The molecule has 1 aliphatic heterocycles. The van der Waals surface area contributed by atoms with Crippen LogP contribution in [0.1, 0.15) is 32.3 Å². The lowest BCUT2D eigenvalue weighted by Crippen LogP contribution is -2.39. The zero-order chi connectivity index (χ0) is 19.2. The molecule has 2 aromatic carbocycles. The van der Waals surface area contributed by atoms with Gasteiger partial charge in [0.1, 0.15) is 18.1 Å². The summed E-state index contributed by atoms with van der Waals surface area (Å²) >= 11 is 3.60. The number of fused-ring (bicyclic) bond motifs is 1. The van der Waals surface area contributed by atoms with Gasteiger partial charge in [0.2, 0.25) is 0 Å². The Hall–Kier alpha value is -1.30. The molecule has 146 valence electrons. The van der Waals surface area contributed by atoms with Gasteiger partial charge >= 0.3 is 0 Å². The van der Waals surface area contributed by atoms with Gasteiger partial charge < -0.3 is 15.2 Å². The van der Waals surface area contributed by atoms with Crippen LogP contribution < -0.4 is 10.1 Å². The van der Waals surface area contributed by atoms with E-state index in [0.717, 1.165) is 34.3 Å². The third kappa shape index (κ3) is 5.59. The highest BCUT2D eigenvalue weighted by Gasteiger charge is 2.18. The van der Waals surface area contributed by atoms with E-state index in [0.29, 0.717) is 30.2 Å². The normalized spacial score (nSPS) is 17.9. The van der Waals surface area contributed by atoms with Crippen molar-refractivity contribution in [1.29, 1.82) is 0 Å². The first-order valence-corrected chi connectivity index (χ1v) is 11.5. The van der Waals surface area contributed by atoms with Crippen LogP contribution in [0.15, 0.2) is 52.3 Å². The molecule has 0 bridgehead atoms. The molecule has 0 fully saturated rings. The van der Waals surface area contributed by atoms with Gasteiger partial charge in [0.05, 0.1) is 6.04 Å². The Labute approximate surface area is 171 Å². The number of nitrogens with one attached hydrogen (secondary N) is 1. The summed E-state index contributed by atoms with van der Waals surface area (Å²) in [4.78, 5) is 2.21. The SMILES string of the molecule is CC(C)c1cccc(SC[C@H](C)CNC2COc3ccccc3SC2)c1O. The molecule has 5 heteroatoms. The molecule has 1 aliphatic rings. The molecule has 27 heavy (non-hydrogen) atoms. The van der Waals surface area contributed by atoms with Gasteiger partial charge in [0.15, 0.2) is 0 Å². The first kappa shape index (κ1) is 20.4. The van der Waals surface area contributed by atoms with Crippen molar-refractivity contribution in [3.05, 3.63) is 48.0 Å². The van der Waals surface area contributed by atoms with Crippen LogP contribution >= 0.6 is 23.5 Å². The van der Waals surface area contributed by atoms with Crippen LogP contribution in [0.4, 0.5) is 0 Å². The van der Waals surface area contributed by atoms with Gasteiger partial charge in [-0.25, -0.2) is 0 Å². The maximum atomic E-state index is 10.5. The first-order valence-electron chi connectivity index (χ1n) is 9.57. The molecule has 1 unspecified atom stereocenters. The summed E-state index contributed by atoms with van der Waals surface area (Å²) < 4.78 is 5.95. The van der Waals surface area contributed by atoms with Crippen molar-refractivity contribution >= 4 is 23.5 Å². The summed E-state index contributed by atoms with van der Waals surface area (Å²) in [5.41, 5.74) is 1.03. The van der Waals surface area contributed by atoms with E-state index in [-0.39, 0.29) is 0 Å². The molecular weight excluding hydrogens is 374 g/mol. The Balaban J connectivity index is 1.45. The number of ether oxygens (including phenoxy) is 1. The fraction of sp³-hybridized carbons (Fsp3) is 0.455. The van der Waals surface area contributed by atoms with E-state index in [9.17, 15) is 5.11 Å². The van der Waals surface area contributed by atoms with E-state index in [4.69, 9.17) is 4.74 Å². The van der Waals surface area contributed by atoms with Crippen LogP contribution in [-0.4, -0.2) is 35.8 Å². The van der Waals surface area contributed by atoms with Gasteiger partial charge in [-0.15, -0.1) is 23.5 Å². The third-order valence-corrected chi connectivity index (χ3v) is 7.25. The number of thioether (sulfide) groups is 2. The van der Waals surface area contributed by atoms with Gasteiger partial charge in [0, 0.05) is 21.3 Å². The highest BCUT2D eigenvalue weighted by Crippen LogP contribution is 2.36. The molecular formula is C22H29NO2S2. The fourth-order valence-electron chi connectivity index (χ4n) is 3.02. The van der Waals surface area contributed by atoms with Crippen molar-refractivity contribution < 1.29 is 9.84 Å². The Kier molecular flexibility index (Phi) is 7.39. The highest BCUT2D eigenvalue weighted by atomic mass is 32.2. The van der Waals surface area contributed by atoms with Crippen molar-refractivity contribution in [3.8, 4) is 11.5 Å². The van der Waals surface area contributed by atoms with Gasteiger partial charge in [-0.2, -0.15) is 0 Å². The number of hydrogen-bond donors (Lipinski definition) is 2. The maximum Gasteiger partial charge on any atom is 0.132 e. The Morgan fingerprint density at radius 3 is 2.81 bits per heavy atom. The predicted molar refractivity (Wildman–Crippen MR) is 117 cm³/mol. The van der Waals surface area contributed by atoms with E-state index in [2.05, 4.69) is 38.2 Å². The number of rotatable bonds is 7. The minimum Gasteiger partial charge on any atom is -0.506 e. The second kappa shape index (κ2) is 9.76. The second-order valence-corrected chi connectivity index (χ2v) is 9.56. The minimum absolute atomic E-state index is 0.335. The number of para-hydroxylation sites is 2. The zero-order valence-electron chi connectivity index (χ0n) is 16.3. The maximum absolute atomic E-state index is 10.5. The average molecular weight is 404 g/mol. The lowest BCUT2D eigenvalue weighted by molar-refractivity contribution is 0.270. The molecule has 0 radical (unpaired) electrons. The number of aromatic hydroxyl groups is 1. The Morgan fingerprint density at radius 1 is 1.19 bits per heavy atom. The predicted octanol–water partition coefficient (Wildman–Crippen LogP) is 5.39. The summed E-state index contributed by atoms with van der Waals surface area (Å²) in [6.45, 7) is 8.13. The van der Waals surface area contributed by atoms with Crippen molar-refractivity contribution in [3.63, 3.8) is 0 Å². The fourth-order valence-corrected chi connectivity index (χ4v) is 5.07. The van der Waals surface area contributed by atoms with E-state index >= 15 is 0 Å². The van der Waals surface area contributed by atoms with E-state index in [1.807, 2.05) is 42.1 Å². The van der Waals surface area contributed by atoms with Crippen molar-refractivity contribution in [2.24, 2.45) is 5.92 Å². The quantitative estimate of drug-likeness (QED) is 0.607. The van der Waals surface area contributed by atoms with Crippen LogP contribution in [0.5, 0.6) is 11.5 Å². The molecule has 2 N–H and O–H groups in total. The topological polar surface area (TPSA) is 41.5 Å². The van der Waals surface area contributed by atoms with Crippen LogP contribution in [0, 0.1) is 5.92 Å². The monoisotopic (exact) mass is 403 g/mol. The van der Waals surface area contributed by atoms with Crippen molar-refractivity contribution in [2.75, 3.05) is 24.7 Å². The molecule has 0 saturated heterocycles. The summed E-state index contributed by atoms with van der Waals surface area (Å²) in [5.74, 6) is 4.28. The molecule has 0 saturated carbocycles. The van der Waals surface area contributed by atoms with Crippen molar-refractivity contribution in [1.82, 2.24) is 5.32 Å². The van der Waals surface area contributed by atoms with Gasteiger partial charge in [-0.1, -0.05) is 45.0 Å². The van der Waals surface area contributed by atoms with Crippen LogP contribution in [-0.2, 0) is 0 Å². The first-order chi connectivity index (χ1) is 13.0. The van der Waals surface area contributed by atoms with Crippen LogP contribution in [0.3, 0.4) is 0 Å². The summed E-state index contributed by atoms with van der Waals surface area (Å²) in [7, 11) is 0. The Morgan fingerprint density at radius 2 is 2.00 bits per heavy atom. The number of hydrogen-bond acceptors (Lipinski definition) is 5. The average Bonchev–Trinajstić information content (AvgIpc) is 2.88. The third-order valence-electron chi connectivity index (χ3n) is 4.66. The molecule has 0 amide bonds. The van der Waals surface area contributed by atoms with Gasteiger partial charge in [-0.05, 0) is 42.1 Å². The minimum atomic E-state index is 0.335. The van der Waals surface area contributed by atoms with Crippen LogP contribution in [0.2, 0.25) is 0 Å². The van der Waals surface area contributed by atoms with Gasteiger partial charge in [-0.3, -0.25) is 0 Å². The Bertz CT molecular complexity index is 724. The number of phenols is 1. The molecule has 3 rings (SSSR count). The zero-order valence-corrected chi connectivity index (χ0v) is 17.9. The molecule has 0 spiro atoms. The molecule has 0 aliphatic carbocycles. The molecule has 1 heterocycles. The van der Waals surface area contributed by atoms with Crippen LogP contribution in [0.25, 0.3) is 0 Å². The largest absolute Gasteiger partial charge is 0.506 e. The molecule has 3 nitrogen and oxygen atoms in total. The van der Waals surface area contributed by atoms with E-state index in [1.165, 1.54) is 4.90 Å². The number of benzene rings is 2. The number of phenolic OH excluding ortho intramolecular Hbond substituents is 1. The summed E-state index contributed by atoms with van der Waals surface area (Å²) in [5, 5.41) is 14.1. The molecule has 2 atom stereocenters. The lowest BCUT2D eigenvalue weighted by Gasteiger charge is -2.19. The molecule has 2 aromatic rings. The standard InChI is InChI=1S/C22H29NO2S2/c1-15(2)18-7-6-10-21(22(18)24)26-13-16(3)11-23-17-12-25-19-8-4-5-9-20(19)27-14-17/h4-10,15-17,23-24H,11-14H2,1-3H3/t16-,17?/m1/s1. The molecule has 0 aromatic heterocycles. The summed E-state index contributed by atoms with van der Waals surface area (Å²) in [6.07, 6.45) is 0. The smallest absolute Gasteiger partial charge is 0.132 e. The van der Waals surface area contributed by atoms with Crippen molar-refractivity contribution in [2.45, 2.75) is 42.5 Å². The lowest BCUT2D eigenvalue weighted by atomic mass is 10.0. The highest BCUT2D eigenvalue weighted by molar-refractivity contribution is 7.99.